The van der Waals surface area contributed by atoms with Crippen LogP contribution in [-0.2, 0) is 17.5 Å². The fourth-order valence-corrected chi connectivity index (χ4v) is 4.19. The number of rotatable bonds is 6. The van der Waals surface area contributed by atoms with Crippen molar-refractivity contribution < 1.29 is 22.8 Å². The van der Waals surface area contributed by atoms with E-state index in [9.17, 15) is 22.8 Å². The fraction of sp³-hybridized carbons (Fsp3) is 0.400. The SMILES string of the molecule is CC(C(=O)Nc1sccc1C(N)=O)N1CCN(Cc2cccc(C(F)(F)F)c2)CC1. The third kappa shape index (κ3) is 5.38. The van der Waals surface area contributed by atoms with Gasteiger partial charge in [0.05, 0.1) is 17.2 Å². The second-order valence-corrected chi connectivity index (χ2v) is 8.12. The smallest absolute Gasteiger partial charge is 0.366 e. The summed E-state index contributed by atoms with van der Waals surface area (Å²) in [5, 5.41) is 4.88. The first-order chi connectivity index (χ1) is 14.1. The summed E-state index contributed by atoms with van der Waals surface area (Å²) in [6.45, 7) is 4.71. The number of nitrogens with zero attached hydrogens (tertiary/aromatic N) is 2. The van der Waals surface area contributed by atoms with Crippen LogP contribution in [0.3, 0.4) is 0 Å². The maximum atomic E-state index is 12.9. The van der Waals surface area contributed by atoms with E-state index in [0.29, 0.717) is 43.3 Å². The lowest BCUT2D eigenvalue weighted by atomic mass is 10.1. The van der Waals surface area contributed by atoms with Gasteiger partial charge in [0, 0.05) is 32.7 Å². The Bertz CT molecular complexity index is 907. The van der Waals surface area contributed by atoms with Crippen LogP contribution in [0, 0.1) is 0 Å². The van der Waals surface area contributed by atoms with Gasteiger partial charge in [-0.15, -0.1) is 11.3 Å². The van der Waals surface area contributed by atoms with Gasteiger partial charge >= 0.3 is 6.18 Å². The minimum atomic E-state index is -4.35. The number of thiophene rings is 1. The second kappa shape index (κ2) is 9.15. The zero-order valence-corrected chi connectivity index (χ0v) is 17.2. The predicted molar refractivity (Wildman–Crippen MR) is 109 cm³/mol. The van der Waals surface area contributed by atoms with Crippen molar-refractivity contribution in [1.29, 1.82) is 0 Å². The van der Waals surface area contributed by atoms with Crippen molar-refractivity contribution in [2.75, 3.05) is 31.5 Å². The summed E-state index contributed by atoms with van der Waals surface area (Å²) in [7, 11) is 0. The number of carbonyl (C=O) groups excluding carboxylic acids is 2. The van der Waals surface area contributed by atoms with Crippen molar-refractivity contribution in [2.24, 2.45) is 5.73 Å². The Labute approximate surface area is 176 Å². The van der Waals surface area contributed by atoms with Crippen LogP contribution in [0.25, 0.3) is 0 Å². The fourth-order valence-electron chi connectivity index (χ4n) is 3.40. The molecule has 0 saturated carbocycles. The van der Waals surface area contributed by atoms with Gasteiger partial charge in [-0.2, -0.15) is 13.2 Å². The number of carbonyl (C=O) groups is 2. The number of piperazine rings is 1. The van der Waals surface area contributed by atoms with E-state index in [1.807, 2.05) is 4.90 Å². The second-order valence-electron chi connectivity index (χ2n) is 7.20. The van der Waals surface area contributed by atoms with Gasteiger partial charge in [0.2, 0.25) is 5.91 Å². The average molecular weight is 440 g/mol. The summed E-state index contributed by atoms with van der Waals surface area (Å²) >= 11 is 1.24. The molecule has 162 valence electrons. The van der Waals surface area contributed by atoms with Crippen molar-refractivity contribution in [1.82, 2.24) is 9.80 Å². The molecule has 1 aliphatic rings. The molecule has 3 rings (SSSR count). The summed E-state index contributed by atoms with van der Waals surface area (Å²) in [5.41, 5.74) is 5.55. The number of nitrogens with one attached hydrogen (secondary N) is 1. The highest BCUT2D eigenvalue weighted by molar-refractivity contribution is 7.14. The minimum Gasteiger partial charge on any atom is -0.366 e. The van der Waals surface area contributed by atoms with E-state index in [1.165, 1.54) is 23.5 Å². The van der Waals surface area contributed by atoms with Gasteiger partial charge in [-0.05, 0) is 30.0 Å². The van der Waals surface area contributed by atoms with Gasteiger partial charge in [-0.3, -0.25) is 19.4 Å². The largest absolute Gasteiger partial charge is 0.416 e. The molecule has 0 bridgehead atoms. The first-order valence-electron chi connectivity index (χ1n) is 9.46. The molecule has 0 spiro atoms. The molecule has 3 N–H and O–H groups in total. The molecule has 0 aliphatic carbocycles. The van der Waals surface area contributed by atoms with Crippen molar-refractivity contribution >= 4 is 28.2 Å². The number of hydrogen-bond acceptors (Lipinski definition) is 5. The third-order valence-corrected chi connectivity index (χ3v) is 5.99. The van der Waals surface area contributed by atoms with Crippen LogP contribution < -0.4 is 11.1 Å². The summed E-state index contributed by atoms with van der Waals surface area (Å²) < 4.78 is 38.7. The zero-order valence-electron chi connectivity index (χ0n) is 16.4. The van der Waals surface area contributed by atoms with E-state index in [1.54, 1.807) is 24.4 Å². The average Bonchev–Trinajstić information content (AvgIpc) is 3.16. The van der Waals surface area contributed by atoms with Crippen LogP contribution in [0.15, 0.2) is 35.7 Å². The number of alkyl halides is 3. The lowest BCUT2D eigenvalue weighted by molar-refractivity contribution is -0.137. The Morgan fingerprint density at radius 2 is 1.90 bits per heavy atom. The highest BCUT2D eigenvalue weighted by Crippen LogP contribution is 2.30. The van der Waals surface area contributed by atoms with Gasteiger partial charge in [0.1, 0.15) is 5.00 Å². The molecule has 2 aromatic rings. The normalized spacial score (nSPS) is 16.9. The standard InChI is InChI=1S/C20H23F3N4O2S/c1-13(18(29)25-19-16(17(24)28)5-10-30-19)27-8-6-26(7-9-27)12-14-3-2-4-15(11-14)20(21,22)23/h2-5,10-11,13H,6-9,12H2,1H3,(H2,24,28)(H,25,29). The minimum absolute atomic E-state index is 0.230. The number of nitrogens with two attached hydrogens (primary N) is 1. The molecule has 1 unspecified atom stereocenters. The van der Waals surface area contributed by atoms with Gasteiger partial charge in [-0.25, -0.2) is 0 Å². The molecule has 30 heavy (non-hydrogen) atoms. The molecule has 1 fully saturated rings. The maximum Gasteiger partial charge on any atom is 0.416 e. The molecular weight excluding hydrogens is 417 g/mol. The summed E-state index contributed by atoms with van der Waals surface area (Å²) in [5.74, 6) is -0.825. The Morgan fingerprint density at radius 1 is 1.20 bits per heavy atom. The van der Waals surface area contributed by atoms with Crippen molar-refractivity contribution in [3.8, 4) is 0 Å². The lowest BCUT2D eigenvalue weighted by Crippen LogP contribution is -2.52. The van der Waals surface area contributed by atoms with E-state index >= 15 is 0 Å². The molecule has 10 heteroatoms. The van der Waals surface area contributed by atoms with Crippen LogP contribution in [0.1, 0.15) is 28.4 Å². The zero-order chi connectivity index (χ0) is 21.9. The first-order valence-corrected chi connectivity index (χ1v) is 10.3. The number of hydrogen-bond donors (Lipinski definition) is 2. The monoisotopic (exact) mass is 440 g/mol. The Kier molecular flexibility index (Phi) is 6.79. The van der Waals surface area contributed by atoms with E-state index in [-0.39, 0.29) is 11.5 Å². The molecule has 0 radical (unpaired) electrons. The molecule has 1 atom stereocenters. The lowest BCUT2D eigenvalue weighted by Gasteiger charge is -2.37. The van der Waals surface area contributed by atoms with Crippen LogP contribution in [-0.4, -0.2) is 53.8 Å². The Morgan fingerprint density at radius 3 is 2.53 bits per heavy atom. The first kappa shape index (κ1) is 22.3. The van der Waals surface area contributed by atoms with Crippen molar-refractivity contribution in [3.63, 3.8) is 0 Å². The summed E-state index contributed by atoms with van der Waals surface area (Å²) in [6.07, 6.45) is -4.35. The number of amides is 2. The number of halogens is 3. The maximum absolute atomic E-state index is 12.9. The summed E-state index contributed by atoms with van der Waals surface area (Å²) in [6, 6.07) is 6.52. The molecule has 1 aromatic heterocycles. The molecule has 2 heterocycles. The van der Waals surface area contributed by atoms with Crippen LogP contribution in [0.2, 0.25) is 0 Å². The van der Waals surface area contributed by atoms with Crippen LogP contribution in [0.4, 0.5) is 18.2 Å². The molecule has 2 amide bonds. The Balaban J connectivity index is 1.53. The summed E-state index contributed by atoms with van der Waals surface area (Å²) in [4.78, 5) is 28.0. The van der Waals surface area contributed by atoms with Crippen LogP contribution >= 0.6 is 11.3 Å². The molecular formula is C20H23F3N4O2S. The van der Waals surface area contributed by atoms with Gasteiger partial charge in [0.15, 0.2) is 0 Å². The number of benzene rings is 1. The molecule has 1 aliphatic heterocycles. The van der Waals surface area contributed by atoms with Gasteiger partial charge in [0.25, 0.3) is 5.91 Å². The topological polar surface area (TPSA) is 78.7 Å². The predicted octanol–water partition coefficient (Wildman–Crippen LogP) is 3.01. The molecule has 1 saturated heterocycles. The van der Waals surface area contributed by atoms with Crippen molar-refractivity contribution in [3.05, 3.63) is 52.4 Å². The highest BCUT2D eigenvalue weighted by Gasteiger charge is 2.31. The molecule has 1 aromatic carbocycles. The van der Waals surface area contributed by atoms with Gasteiger partial charge in [-0.1, -0.05) is 18.2 Å². The van der Waals surface area contributed by atoms with Crippen molar-refractivity contribution in [2.45, 2.75) is 25.7 Å². The van der Waals surface area contributed by atoms with E-state index in [0.717, 1.165) is 6.07 Å². The number of primary amides is 1. The highest BCUT2D eigenvalue weighted by atomic mass is 32.1. The molecule has 6 nitrogen and oxygen atoms in total. The quantitative estimate of drug-likeness (QED) is 0.724. The van der Waals surface area contributed by atoms with E-state index in [4.69, 9.17) is 5.73 Å². The van der Waals surface area contributed by atoms with Gasteiger partial charge < -0.3 is 11.1 Å². The van der Waals surface area contributed by atoms with E-state index < -0.39 is 23.7 Å². The van der Waals surface area contributed by atoms with E-state index in [2.05, 4.69) is 10.2 Å². The van der Waals surface area contributed by atoms with Crippen LogP contribution in [0.5, 0.6) is 0 Å². The number of anilines is 1. The Hall–Kier alpha value is -2.43. The third-order valence-electron chi connectivity index (χ3n) is 5.16.